The highest BCUT2D eigenvalue weighted by atomic mass is 79.9. The van der Waals surface area contributed by atoms with Crippen molar-refractivity contribution in [1.82, 2.24) is 30.8 Å². The van der Waals surface area contributed by atoms with E-state index in [4.69, 9.17) is 0 Å². The number of rotatable bonds is 2. The number of alkyl halides is 1. The number of tetrazole rings is 1. The Hall–Kier alpha value is -1.24. The molecule has 0 saturated carbocycles. The van der Waals surface area contributed by atoms with Gasteiger partial charge in [-0.1, -0.05) is 15.9 Å². The van der Waals surface area contributed by atoms with E-state index in [0.29, 0.717) is 11.2 Å². The second-order valence-electron chi connectivity index (χ2n) is 2.13. The van der Waals surface area contributed by atoms with E-state index in [2.05, 4.69) is 46.8 Å². The zero-order valence-electron chi connectivity index (χ0n) is 5.95. The molecule has 0 spiro atoms. The molecule has 2 aromatic heterocycles. The van der Waals surface area contributed by atoms with Crippen LogP contribution in [0.2, 0.25) is 0 Å². The fraction of sp³-hybridized carbons (Fsp3) is 0.200. The molecule has 0 amide bonds. The van der Waals surface area contributed by atoms with Crippen LogP contribution in [0.3, 0.4) is 0 Å². The topological polar surface area (TPSA) is 83.1 Å². The first-order valence-electron chi connectivity index (χ1n) is 3.24. The van der Waals surface area contributed by atoms with Crippen molar-refractivity contribution in [2.75, 3.05) is 0 Å². The third-order valence-electron chi connectivity index (χ3n) is 1.44. The molecule has 7 heteroatoms. The fourth-order valence-corrected chi connectivity index (χ4v) is 1.31. The van der Waals surface area contributed by atoms with Crippen LogP contribution < -0.4 is 0 Å². The Morgan fingerprint density at radius 1 is 1.50 bits per heavy atom. The van der Waals surface area contributed by atoms with Crippen molar-refractivity contribution < 1.29 is 0 Å². The fourth-order valence-electron chi connectivity index (χ4n) is 0.883. The lowest BCUT2D eigenvalue weighted by Crippen LogP contribution is -1.84. The van der Waals surface area contributed by atoms with Gasteiger partial charge in [-0.3, -0.25) is 5.10 Å². The number of aromatic amines is 2. The van der Waals surface area contributed by atoms with Gasteiger partial charge in [0.05, 0.1) is 17.5 Å². The molecule has 0 atom stereocenters. The molecular weight excluding hydrogens is 224 g/mol. The molecule has 0 radical (unpaired) electrons. The number of H-pyrrole nitrogens is 2. The van der Waals surface area contributed by atoms with Gasteiger partial charge in [-0.15, -0.1) is 10.2 Å². The molecule has 0 saturated heterocycles. The Labute approximate surface area is 75.9 Å². The Bertz CT molecular complexity index is 352. The molecule has 0 bridgehead atoms. The minimum atomic E-state index is 0.554. The van der Waals surface area contributed by atoms with E-state index in [1.54, 1.807) is 6.20 Å². The quantitative estimate of drug-likeness (QED) is 0.733. The first-order valence-corrected chi connectivity index (χ1v) is 4.36. The average molecular weight is 229 g/mol. The maximum atomic E-state index is 3.87. The SMILES string of the molecule is BrCc1[nH]ncc1-c1nn[nH]n1. The van der Waals surface area contributed by atoms with Crippen molar-refractivity contribution in [2.24, 2.45) is 0 Å². The minimum absolute atomic E-state index is 0.554. The first-order chi connectivity index (χ1) is 5.92. The number of hydrogen-bond donors (Lipinski definition) is 2. The lowest BCUT2D eigenvalue weighted by Gasteiger charge is -1.90. The summed E-state index contributed by atoms with van der Waals surface area (Å²) < 4.78 is 0. The van der Waals surface area contributed by atoms with Gasteiger partial charge in [-0.25, -0.2) is 0 Å². The number of nitrogens with one attached hydrogen (secondary N) is 2. The maximum absolute atomic E-state index is 3.87. The van der Waals surface area contributed by atoms with Crippen molar-refractivity contribution in [3.8, 4) is 11.4 Å². The van der Waals surface area contributed by atoms with E-state index in [-0.39, 0.29) is 0 Å². The highest BCUT2D eigenvalue weighted by Crippen LogP contribution is 2.17. The summed E-state index contributed by atoms with van der Waals surface area (Å²) in [4.78, 5) is 0. The highest BCUT2D eigenvalue weighted by Gasteiger charge is 2.09. The van der Waals surface area contributed by atoms with Gasteiger partial charge < -0.3 is 0 Å². The zero-order valence-corrected chi connectivity index (χ0v) is 7.54. The second-order valence-corrected chi connectivity index (χ2v) is 2.69. The summed E-state index contributed by atoms with van der Waals surface area (Å²) in [5, 5.41) is 20.9. The predicted molar refractivity (Wildman–Crippen MR) is 44.4 cm³/mol. The smallest absolute Gasteiger partial charge is 0.208 e. The monoisotopic (exact) mass is 228 g/mol. The van der Waals surface area contributed by atoms with Crippen molar-refractivity contribution >= 4 is 15.9 Å². The van der Waals surface area contributed by atoms with Crippen LogP contribution in [-0.2, 0) is 5.33 Å². The van der Waals surface area contributed by atoms with Crippen molar-refractivity contribution in [3.63, 3.8) is 0 Å². The Morgan fingerprint density at radius 3 is 3.08 bits per heavy atom. The maximum Gasteiger partial charge on any atom is 0.208 e. The second kappa shape index (κ2) is 3.02. The normalized spacial score (nSPS) is 10.4. The molecule has 0 aliphatic heterocycles. The third-order valence-corrected chi connectivity index (χ3v) is 2.00. The molecule has 2 aromatic rings. The van der Waals surface area contributed by atoms with E-state index in [1.165, 1.54) is 0 Å². The van der Waals surface area contributed by atoms with Gasteiger partial charge >= 0.3 is 0 Å². The number of nitrogens with zero attached hydrogens (tertiary/aromatic N) is 4. The van der Waals surface area contributed by atoms with E-state index in [9.17, 15) is 0 Å². The van der Waals surface area contributed by atoms with Crippen LogP contribution in [-0.4, -0.2) is 30.8 Å². The van der Waals surface area contributed by atoms with Gasteiger partial charge in [-0.05, 0) is 5.21 Å². The van der Waals surface area contributed by atoms with Crippen LogP contribution in [0.1, 0.15) is 5.69 Å². The Kier molecular flexibility index (Phi) is 1.86. The van der Waals surface area contributed by atoms with Crippen LogP contribution in [0.4, 0.5) is 0 Å². The molecule has 2 N–H and O–H groups in total. The zero-order chi connectivity index (χ0) is 8.39. The van der Waals surface area contributed by atoms with Crippen LogP contribution >= 0.6 is 15.9 Å². The number of aromatic nitrogens is 6. The highest BCUT2D eigenvalue weighted by molar-refractivity contribution is 9.08. The summed E-state index contributed by atoms with van der Waals surface area (Å²) in [7, 11) is 0. The van der Waals surface area contributed by atoms with Crippen molar-refractivity contribution in [2.45, 2.75) is 5.33 Å². The van der Waals surface area contributed by atoms with Gasteiger partial charge in [-0.2, -0.15) is 10.3 Å². The summed E-state index contributed by atoms with van der Waals surface area (Å²) in [6.45, 7) is 0. The van der Waals surface area contributed by atoms with Crippen molar-refractivity contribution in [3.05, 3.63) is 11.9 Å². The molecule has 0 unspecified atom stereocenters. The molecule has 6 nitrogen and oxygen atoms in total. The van der Waals surface area contributed by atoms with Gasteiger partial charge in [0.1, 0.15) is 0 Å². The Balaban J connectivity index is 2.46. The lowest BCUT2D eigenvalue weighted by atomic mass is 10.2. The average Bonchev–Trinajstić information content (AvgIpc) is 2.74. The van der Waals surface area contributed by atoms with Gasteiger partial charge in [0.25, 0.3) is 0 Å². The molecule has 62 valence electrons. The van der Waals surface area contributed by atoms with Crippen LogP contribution in [0.15, 0.2) is 6.20 Å². The first kappa shape index (κ1) is 7.41. The third kappa shape index (κ3) is 1.11. The molecule has 0 aliphatic rings. The molecule has 0 aliphatic carbocycles. The summed E-state index contributed by atoms with van der Waals surface area (Å²) in [6.07, 6.45) is 1.67. The van der Waals surface area contributed by atoms with Gasteiger partial charge in [0.15, 0.2) is 0 Å². The molecule has 12 heavy (non-hydrogen) atoms. The summed E-state index contributed by atoms with van der Waals surface area (Å²) in [6, 6.07) is 0. The molecule has 2 rings (SSSR count). The summed E-state index contributed by atoms with van der Waals surface area (Å²) in [5.74, 6) is 0.554. The Morgan fingerprint density at radius 2 is 2.42 bits per heavy atom. The minimum Gasteiger partial charge on any atom is -0.281 e. The van der Waals surface area contributed by atoms with Crippen LogP contribution in [0.25, 0.3) is 11.4 Å². The van der Waals surface area contributed by atoms with E-state index in [0.717, 1.165) is 11.3 Å². The van der Waals surface area contributed by atoms with Gasteiger partial charge in [0, 0.05) is 5.33 Å². The van der Waals surface area contributed by atoms with Crippen molar-refractivity contribution in [1.29, 1.82) is 0 Å². The van der Waals surface area contributed by atoms with E-state index >= 15 is 0 Å². The molecule has 2 heterocycles. The molecular formula is C5H5BrN6. The summed E-state index contributed by atoms with van der Waals surface area (Å²) in [5.41, 5.74) is 1.80. The lowest BCUT2D eigenvalue weighted by molar-refractivity contribution is 0.881. The van der Waals surface area contributed by atoms with Crippen LogP contribution in [0, 0.1) is 0 Å². The predicted octanol–water partition coefficient (Wildman–Crippen LogP) is 0.485. The largest absolute Gasteiger partial charge is 0.281 e. The number of hydrogen-bond acceptors (Lipinski definition) is 4. The van der Waals surface area contributed by atoms with E-state index < -0.39 is 0 Å². The van der Waals surface area contributed by atoms with E-state index in [1.807, 2.05) is 0 Å². The van der Waals surface area contributed by atoms with Crippen LogP contribution in [0.5, 0.6) is 0 Å². The summed E-state index contributed by atoms with van der Waals surface area (Å²) >= 11 is 3.32. The van der Waals surface area contributed by atoms with Gasteiger partial charge in [0.2, 0.25) is 5.82 Å². The standard InChI is InChI=1S/C5H5BrN6/c6-1-4-3(2-7-8-4)5-9-11-12-10-5/h2H,1H2,(H,7,8)(H,9,10,11,12). The molecule has 0 fully saturated rings. The number of halogens is 1. The molecule has 0 aromatic carbocycles.